The van der Waals surface area contributed by atoms with Crippen molar-refractivity contribution in [2.45, 2.75) is 13.1 Å². The van der Waals surface area contributed by atoms with E-state index < -0.39 is 11.2 Å². The van der Waals surface area contributed by atoms with Gasteiger partial charge in [-0.3, -0.25) is 19.1 Å². The summed E-state index contributed by atoms with van der Waals surface area (Å²) in [5.74, 6) is -0.170. The van der Waals surface area contributed by atoms with Crippen LogP contribution in [0.3, 0.4) is 0 Å². The van der Waals surface area contributed by atoms with E-state index in [2.05, 4.69) is 32.5 Å². The van der Waals surface area contributed by atoms with Crippen LogP contribution in [0.2, 0.25) is 0 Å². The minimum absolute atomic E-state index is 0.0729. The first kappa shape index (κ1) is 16.1. The van der Waals surface area contributed by atoms with Crippen LogP contribution in [-0.2, 0) is 13.1 Å². The summed E-state index contributed by atoms with van der Waals surface area (Å²) < 4.78 is 3.04. The normalized spacial score (nSPS) is 10.9. The van der Waals surface area contributed by atoms with Gasteiger partial charge in [0.1, 0.15) is 0 Å². The lowest BCUT2D eigenvalue weighted by molar-refractivity contribution is 0.0972. The lowest BCUT2D eigenvalue weighted by Crippen LogP contribution is -2.31. The zero-order valence-corrected chi connectivity index (χ0v) is 14.1. The number of allylic oxidation sites excluding steroid dienone is 1. The van der Waals surface area contributed by atoms with Gasteiger partial charge in [0.15, 0.2) is 21.7 Å². The average molecular weight is 389 g/mol. The van der Waals surface area contributed by atoms with E-state index in [9.17, 15) is 14.4 Å². The minimum Gasteiger partial charge on any atom is -0.305 e. The third-order valence-corrected chi connectivity index (χ3v) is 4.15. The first-order chi connectivity index (χ1) is 11.5. The van der Waals surface area contributed by atoms with E-state index in [1.165, 1.54) is 15.2 Å². The van der Waals surface area contributed by atoms with Crippen LogP contribution < -0.4 is 11.2 Å². The molecule has 7 nitrogen and oxygen atoms in total. The second kappa shape index (κ2) is 6.40. The van der Waals surface area contributed by atoms with Gasteiger partial charge in [-0.25, -0.2) is 9.78 Å². The number of hydrogen-bond acceptors (Lipinski definition) is 4. The first-order valence-electron chi connectivity index (χ1n) is 7.11. The fourth-order valence-corrected chi connectivity index (χ4v) is 2.92. The van der Waals surface area contributed by atoms with Crippen LogP contribution in [-0.4, -0.2) is 24.9 Å². The molecule has 0 amide bonds. The Kier molecular flexibility index (Phi) is 4.30. The standard InChI is InChI=1S/C16H13BrN4O3/c1-2-8-20-13-12(14(23)19-16(20)24)21(15(17)18-13)9-11(22)10-6-4-3-5-7-10/h2-7H,1,8-9H2,(H,19,23,24). The summed E-state index contributed by atoms with van der Waals surface area (Å²) in [4.78, 5) is 43.1. The topological polar surface area (TPSA) is 89.8 Å². The maximum atomic E-state index is 12.4. The Bertz CT molecular complexity index is 1050. The van der Waals surface area contributed by atoms with Crippen molar-refractivity contribution in [3.8, 4) is 0 Å². The SMILES string of the molecule is C=CCn1c(=O)[nH]c(=O)c2c1nc(Br)n2CC(=O)c1ccccc1. The summed E-state index contributed by atoms with van der Waals surface area (Å²) in [6.45, 7) is 3.72. The number of Topliss-reactive ketones (excluding diaryl/α,β-unsaturated/α-hetero) is 1. The van der Waals surface area contributed by atoms with Crippen molar-refractivity contribution >= 4 is 32.9 Å². The summed E-state index contributed by atoms with van der Waals surface area (Å²) in [7, 11) is 0. The Balaban J connectivity index is 2.16. The number of aromatic nitrogens is 4. The molecule has 3 aromatic rings. The maximum Gasteiger partial charge on any atom is 0.330 e. The van der Waals surface area contributed by atoms with E-state index in [1.807, 2.05) is 6.07 Å². The second-order valence-corrected chi connectivity index (χ2v) is 5.80. The largest absolute Gasteiger partial charge is 0.330 e. The first-order valence-corrected chi connectivity index (χ1v) is 7.90. The van der Waals surface area contributed by atoms with Crippen LogP contribution in [0, 0.1) is 0 Å². The van der Waals surface area contributed by atoms with Crippen molar-refractivity contribution < 1.29 is 4.79 Å². The number of aromatic amines is 1. The Morgan fingerprint density at radius 1 is 1.25 bits per heavy atom. The molecule has 0 bridgehead atoms. The molecule has 2 heterocycles. The summed E-state index contributed by atoms with van der Waals surface area (Å²) in [5, 5.41) is 0. The number of nitrogens with one attached hydrogen (secondary N) is 1. The fourth-order valence-electron chi connectivity index (χ4n) is 2.45. The Morgan fingerprint density at radius 3 is 2.62 bits per heavy atom. The predicted octanol–water partition coefficient (Wildman–Crippen LogP) is 1.72. The molecule has 1 N–H and O–H groups in total. The highest BCUT2D eigenvalue weighted by molar-refractivity contribution is 9.10. The van der Waals surface area contributed by atoms with Crippen LogP contribution in [0.1, 0.15) is 10.4 Å². The van der Waals surface area contributed by atoms with Crippen molar-refractivity contribution in [3.05, 3.63) is 74.1 Å². The van der Waals surface area contributed by atoms with Gasteiger partial charge >= 0.3 is 5.69 Å². The molecule has 0 radical (unpaired) electrons. The van der Waals surface area contributed by atoms with E-state index in [0.29, 0.717) is 10.3 Å². The van der Waals surface area contributed by atoms with Gasteiger partial charge in [-0.2, -0.15) is 0 Å². The van der Waals surface area contributed by atoms with Crippen molar-refractivity contribution in [2.24, 2.45) is 0 Å². The molecule has 8 heteroatoms. The van der Waals surface area contributed by atoms with Crippen LogP contribution >= 0.6 is 15.9 Å². The molecule has 0 saturated heterocycles. The van der Waals surface area contributed by atoms with Gasteiger partial charge in [0.2, 0.25) is 0 Å². The third-order valence-electron chi connectivity index (χ3n) is 3.55. The predicted molar refractivity (Wildman–Crippen MR) is 93.3 cm³/mol. The van der Waals surface area contributed by atoms with Gasteiger partial charge in [-0.05, 0) is 15.9 Å². The van der Waals surface area contributed by atoms with Gasteiger partial charge in [-0.15, -0.1) is 6.58 Å². The van der Waals surface area contributed by atoms with Crippen LogP contribution in [0.15, 0.2) is 57.3 Å². The third kappa shape index (κ3) is 2.76. The number of halogens is 1. The van der Waals surface area contributed by atoms with Crippen molar-refractivity contribution in [1.29, 1.82) is 0 Å². The van der Waals surface area contributed by atoms with Crippen molar-refractivity contribution in [1.82, 2.24) is 19.1 Å². The number of benzene rings is 1. The number of carbonyl (C=O) groups excluding carboxylic acids is 1. The molecule has 0 atom stereocenters. The van der Waals surface area contributed by atoms with Crippen molar-refractivity contribution in [2.75, 3.05) is 0 Å². The molecule has 0 aliphatic carbocycles. The number of nitrogens with zero attached hydrogens (tertiary/aromatic N) is 3. The highest BCUT2D eigenvalue weighted by atomic mass is 79.9. The van der Waals surface area contributed by atoms with Gasteiger partial charge < -0.3 is 4.57 Å². The Morgan fingerprint density at radius 2 is 1.96 bits per heavy atom. The smallest absolute Gasteiger partial charge is 0.305 e. The summed E-state index contributed by atoms with van der Waals surface area (Å²) in [6.07, 6.45) is 1.53. The lowest BCUT2D eigenvalue weighted by atomic mass is 10.1. The minimum atomic E-state index is -0.589. The average Bonchev–Trinajstić information content (AvgIpc) is 2.89. The highest BCUT2D eigenvalue weighted by Crippen LogP contribution is 2.17. The number of carbonyl (C=O) groups is 1. The number of hydrogen-bond donors (Lipinski definition) is 1. The Hall–Kier alpha value is -2.74. The van der Waals surface area contributed by atoms with E-state index in [4.69, 9.17) is 0 Å². The number of H-pyrrole nitrogens is 1. The molecule has 2 aromatic heterocycles. The number of imidazole rings is 1. The molecule has 0 saturated carbocycles. The summed E-state index contributed by atoms with van der Waals surface area (Å²) in [5.41, 5.74) is -0.264. The molecule has 3 rings (SSSR count). The molecule has 24 heavy (non-hydrogen) atoms. The lowest BCUT2D eigenvalue weighted by Gasteiger charge is -2.06. The molecular weight excluding hydrogens is 376 g/mol. The maximum absolute atomic E-state index is 12.4. The van der Waals surface area contributed by atoms with Crippen LogP contribution in [0.25, 0.3) is 11.2 Å². The monoisotopic (exact) mass is 388 g/mol. The molecule has 0 unspecified atom stereocenters. The molecule has 0 aliphatic heterocycles. The van der Waals surface area contributed by atoms with Gasteiger partial charge in [0.05, 0.1) is 6.54 Å². The van der Waals surface area contributed by atoms with Gasteiger partial charge in [0, 0.05) is 12.1 Å². The quantitative estimate of drug-likeness (QED) is 0.409. The number of fused-ring (bicyclic) bond motifs is 1. The fraction of sp³-hybridized carbons (Fsp3) is 0.125. The molecule has 0 aliphatic rings. The zero-order chi connectivity index (χ0) is 17.3. The van der Waals surface area contributed by atoms with E-state index >= 15 is 0 Å². The second-order valence-electron chi connectivity index (χ2n) is 5.09. The van der Waals surface area contributed by atoms with Crippen LogP contribution in [0.5, 0.6) is 0 Å². The zero-order valence-electron chi connectivity index (χ0n) is 12.5. The molecular formula is C16H13BrN4O3. The summed E-state index contributed by atoms with van der Waals surface area (Å²) >= 11 is 3.26. The number of rotatable bonds is 5. The molecule has 0 spiro atoms. The number of ketones is 1. The van der Waals surface area contributed by atoms with Crippen molar-refractivity contribution in [3.63, 3.8) is 0 Å². The molecule has 1 aromatic carbocycles. The van der Waals surface area contributed by atoms with Gasteiger partial charge in [-0.1, -0.05) is 36.4 Å². The van der Waals surface area contributed by atoms with E-state index in [-0.39, 0.29) is 30.0 Å². The molecule has 0 fully saturated rings. The van der Waals surface area contributed by atoms with E-state index in [1.54, 1.807) is 24.3 Å². The van der Waals surface area contributed by atoms with E-state index in [0.717, 1.165) is 0 Å². The van der Waals surface area contributed by atoms with Gasteiger partial charge in [0.25, 0.3) is 5.56 Å². The summed E-state index contributed by atoms with van der Waals surface area (Å²) in [6, 6.07) is 8.75. The highest BCUT2D eigenvalue weighted by Gasteiger charge is 2.19. The molecule has 122 valence electrons. The Labute approximate surface area is 144 Å². The van der Waals surface area contributed by atoms with Crippen LogP contribution in [0.4, 0.5) is 0 Å².